The maximum atomic E-state index is 11.7. The minimum Gasteiger partial charge on any atom is -0.462 e. The van der Waals surface area contributed by atoms with Gasteiger partial charge in [-0.3, -0.25) is 4.79 Å². The molecule has 3 rings (SSSR count). The fourth-order valence-electron chi connectivity index (χ4n) is 4.38. The Kier molecular flexibility index (Phi) is 2.39. The number of fused-ring (bicyclic) bond motifs is 2. The molecule has 2 saturated carbocycles. The predicted octanol–water partition coefficient (Wildman–Crippen LogP) is 3.32. The fourth-order valence-corrected chi connectivity index (χ4v) is 4.38. The van der Waals surface area contributed by atoms with Crippen molar-refractivity contribution in [3.63, 3.8) is 0 Å². The average Bonchev–Trinajstić information content (AvgIpc) is 2.52. The van der Waals surface area contributed by atoms with Crippen LogP contribution in [0.3, 0.4) is 0 Å². The lowest BCUT2D eigenvalue weighted by molar-refractivity contribution is -0.145. The summed E-state index contributed by atoms with van der Waals surface area (Å²) in [5.74, 6) is 1.18. The van der Waals surface area contributed by atoms with Crippen molar-refractivity contribution < 1.29 is 9.53 Å². The zero-order valence-corrected chi connectivity index (χ0v) is 10.9. The van der Waals surface area contributed by atoms with Gasteiger partial charge < -0.3 is 4.74 Å². The molecule has 3 fully saturated rings. The van der Waals surface area contributed by atoms with Crippen molar-refractivity contribution in [1.29, 1.82) is 0 Å². The van der Waals surface area contributed by atoms with E-state index in [9.17, 15) is 4.79 Å². The molecule has 1 aliphatic heterocycles. The molecule has 17 heavy (non-hydrogen) atoms. The van der Waals surface area contributed by atoms with Gasteiger partial charge in [0.15, 0.2) is 0 Å². The molecule has 2 nitrogen and oxygen atoms in total. The molecule has 1 saturated heterocycles. The first-order valence-electron chi connectivity index (χ1n) is 6.89. The van der Waals surface area contributed by atoms with Crippen LogP contribution in [0.4, 0.5) is 0 Å². The molecule has 1 heterocycles. The number of ether oxygens (including phenoxy) is 1. The van der Waals surface area contributed by atoms with E-state index in [-0.39, 0.29) is 18.0 Å². The van der Waals surface area contributed by atoms with Gasteiger partial charge >= 0.3 is 5.97 Å². The van der Waals surface area contributed by atoms with Crippen LogP contribution in [0.1, 0.15) is 46.0 Å². The molecule has 0 aromatic rings. The van der Waals surface area contributed by atoms with Gasteiger partial charge in [0, 0.05) is 5.92 Å². The highest BCUT2D eigenvalue weighted by Crippen LogP contribution is 2.56. The van der Waals surface area contributed by atoms with Gasteiger partial charge in [-0.2, -0.15) is 0 Å². The normalized spacial score (nSPS) is 49.5. The van der Waals surface area contributed by atoms with Crippen molar-refractivity contribution >= 4 is 5.97 Å². The van der Waals surface area contributed by atoms with Crippen LogP contribution in [0.2, 0.25) is 0 Å². The number of carbonyl (C=O) groups is 1. The third kappa shape index (κ3) is 1.56. The number of hydrogen-bond donors (Lipinski definition) is 0. The van der Waals surface area contributed by atoms with Gasteiger partial charge in [-0.05, 0) is 43.4 Å². The topological polar surface area (TPSA) is 26.3 Å². The van der Waals surface area contributed by atoms with E-state index >= 15 is 0 Å². The van der Waals surface area contributed by atoms with Crippen LogP contribution in [-0.4, -0.2) is 12.1 Å². The van der Waals surface area contributed by atoms with E-state index in [4.69, 9.17) is 4.74 Å². The maximum Gasteiger partial charge on any atom is 0.309 e. The summed E-state index contributed by atoms with van der Waals surface area (Å²) in [5, 5.41) is 0. The fraction of sp³-hybridized carbons (Fsp3) is 0.800. The van der Waals surface area contributed by atoms with E-state index in [0.29, 0.717) is 17.3 Å². The second-order valence-corrected chi connectivity index (χ2v) is 6.59. The van der Waals surface area contributed by atoms with Crippen molar-refractivity contribution in [3.05, 3.63) is 12.2 Å². The van der Waals surface area contributed by atoms with E-state index in [1.165, 1.54) is 24.8 Å². The Hall–Kier alpha value is -0.790. The molecule has 3 aliphatic rings. The lowest BCUT2D eigenvalue weighted by Crippen LogP contribution is -2.44. The molecule has 0 aromatic heterocycles. The van der Waals surface area contributed by atoms with Crippen LogP contribution in [0.5, 0.6) is 0 Å². The molecule has 1 unspecified atom stereocenters. The van der Waals surface area contributed by atoms with Crippen LogP contribution < -0.4 is 0 Å². The summed E-state index contributed by atoms with van der Waals surface area (Å²) in [6, 6.07) is 0. The van der Waals surface area contributed by atoms with Crippen LogP contribution in [0, 0.1) is 23.2 Å². The van der Waals surface area contributed by atoms with Crippen molar-refractivity contribution in [2.24, 2.45) is 23.2 Å². The van der Waals surface area contributed by atoms with Gasteiger partial charge in [-0.1, -0.05) is 26.0 Å². The lowest BCUT2D eigenvalue weighted by atomic mass is 9.55. The standard InChI is InChI=1S/C15H22O2/c1-9-5-4-6-15(3)8-13-11(7-12(9)15)10(2)14(16)17-13/h10-13H,1,4-8H2,2-3H3/t10?,11-,12+,13-,15+/m0/s1. The summed E-state index contributed by atoms with van der Waals surface area (Å²) in [6.07, 6.45) is 6.06. The summed E-state index contributed by atoms with van der Waals surface area (Å²) in [7, 11) is 0. The Balaban J connectivity index is 1.88. The zero-order valence-electron chi connectivity index (χ0n) is 10.9. The molecular weight excluding hydrogens is 212 g/mol. The number of hydrogen-bond acceptors (Lipinski definition) is 2. The minimum atomic E-state index is 0.0212. The smallest absolute Gasteiger partial charge is 0.309 e. The lowest BCUT2D eigenvalue weighted by Gasteiger charge is -2.49. The van der Waals surface area contributed by atoms with E-state index in [1.807, 2.05) is 6.92 Å². The number of rotatable bonds is 0. The second kappa shape index (κ2) is 3.60. The van der Waals surface area contributed by atoms with Crippen molar-refractivity contribution in [1.82, 2.24) is 0 Å². The second-order valence-electron chi connectivity index (χ2n) is 6.59. The van der Waals surface area contributed by atoms with Crippen LogP contribution in [-0.2, 0) is 9.53 Å². The van der Waals surface area contributed by atoms with Crippen LogP contribution >= 0.6 is 0 Å². The first-order valence-corrected chi connectivity index (χ1v) is 6.89. The van der Waals surface area contributed by atoms with Crippen molar-refractivity contribution in [3.8, 4) is 0 Å². The summed E-state index contributed by atoms with van der Waals surface area (Å²) in [5.41, 5.74) is 1.75. The predicted molar refractivity (Wildman–Crippen MR) is 66.4 cm³/mol. The highest BCUT2D eigenvalue weighted by atomic mass is 16.6. The Morgan fingerprint density at radius 3 is 3.00 bits per heavy atom. The molecule has 5 atom stereocenters. The van der Waals surface area contributed by atoms with E-state index in [0.717, 1.165) is 12.8 Å². The van der Waals surface area contributed by atoms with Crippen LogP contribution in [0.25, 0.3) is 0 Å². The summed E-state index contributed by atoms with van der Waals surface area (Å²) in [4.78, 5) is 11.7. The maximum absolute atomic E-state index is 11.7. The number of allylic oxidation sites excluding steroid dienone is 1. The third-order valence-corrected chi connectivity index (χ3v) is 5.51. The first kappa shape index (κ1) is 11.3. The third-order valence-electron chi connectivity index (χ3n) is 5.51. The molecule has 0 amide bonds. The zero-order chi connectivity index (χ0) is 12.2. The number of esters is 1. The van der Waals surface area contributed by atoms with Crippen LogP contribution in [0.15, 0.2) is 12.2 Å². The summed E-state index contributed by atoms with van der Waals surface area (Å²) in [6.45, 7) is 8.68. The van der Waals surface area contributed by atoms with Gasteiger partial charge in [0.2, 0.25) is 0 Å². The average molecular weight is 234 g/mol. The monoisotopic (exact) mass is 234 g/mol. The molecule has 0 aromatic carbocycles. The highest BCUT2D eigenvalue weighted by Gasteiger charge is 2.53. The Labute approximate surface area is 103 Å². The molecule has 0 bridgehead atoms. The first-order chi connectivity index (χ1) is 8.01. The SMILES string of the molecule is C=C1CCC[C@]2(C)C[C@@H]3OC(=O)C(C)[C@@H]3C[C@H]12. The van der Waals surface area contributed by atoms with Gasteiger partial charge in [0.05, 0.1) is 5.92 Å². The highest BCUT2D eigenvalue weighted by molar-refractivity contribution is 5.75. The van der Waals surface area contributed by atoms with Gasteiger partial charge in [-0.15, -0.1) is 0 Å². The molecule has 0 spiro atoms. The van der Waals surface area contributed by atoms with Gasteiger partial charge in [0.25, 0.3) is 0 Å². The Bertz CT molecular complexity index is 373. The summed E-state index contributed by atoms with van der Waals surface area (Å²) < 4.78 is 5.56. The summed E-state index contributed by atoms with van der Waals surface area (Å²) >= 11 is 0. The molecule has 94 valence electrons. The Morgan fingerprint density at radius 2 is 2.24 bits per heavy atom. The van der Waals surface area contributed by atoms with E-state index < -0.39 is 0 Å². The molecular formula is C15H22O2. The van der Waals surface area contributed by atoms with E-state index in [2.05, 4.69) is 13.5 Å². The Morgan fingerprint density at radius 1 is 1.47 bits per heavy atom. The molecule has 2 heteroatoms. The minimum absolute atomic E-state index is 0.0212. The van der Waals surface area contributed by atoms with Crippen molar-refractivity contribution in [2.75, 3.05) is 0 Å². The molecule has 0 radical (unpaired) electrons. The largest absolute Gasteiger partial charge is 0.462 e. The van der Waals surface area contributed by atoms with Gasteiger partial charge in [0.1, 0.15) is 6.10 Å². The molecule has 0 N–H and O–H groups in total. The molecule has 2 aliphatic carbocycles. The number of carbonyl (C=O) groups excluding carboxylic acids is 1. The van der Waals surface area contributed by atoms with E-state index in [1.54, 1.807) is 0 Å². The van der Waals surface area contributed by atoms with Crippen molar-refractivity contribution in [2.45, 2.75) is 52.1 Å². The quantitative estimate of drug-likeness (QED) is 0.475. The van der Waals surface area contributed by atoms with Gasteiger partial charge in [-0.25, -0.2) is 0 Å².